The van der Waals surface area contributed by atoms with Gasteiger partial charge >= 0.3 is 0 Å². The van der Waals surface area contributed by atoms with Gasteiger partial charge in [-0.1, -0.05) is 81.8 Å². The zero-order valence-corrected chi connectivity index (χ0v) is 13.9. The highest BCUT2D eigenvalue weighted by Crippen LogP contribution is 2.25. The van der Waals surface area contributed by atoms with Gasteiger partial charge in [-0.3, -0.25) is 0 Å². The summed E-state index contributed by atoms with van der Waals surface area (Å²) < 4.78 is 0. The first kappa shape index (κ1) is 16.6. The molecular formula is C21H29N. The normalized spacial score (nSPS) is 10.6. The van der Waals surface area contributed by atoms with Gasteiger partial charge < -0.3 is 4.90 Å². The zero-order valence-electron chi connectivity index (χ0n) is 13.9. The van der Waals surface area contributed by atoms with Crippen LogP contribution in [0.4, 0.5) is 11.4 Å². The van der Waals surface area contributed by atoms with E-state index in [1.165, 1.54) is 56.3 Å². The Morgan fingerprint density at radius 3 is 1.55 bits per heavy atom. The second kappa shape index (κ2) is 10.0. The van der Waals surface area contributed by atoms with Crippen molar-refractivity contribution in [1.82, 2.24) is 0 Å². The molecule has 118 valence electrons. The predicted molar refractivity (Wildman–Crippen MR) is 97.9 cm³/mol. The topological polar surface area (TPSA) is 3.24 Å². The Bertz CT molecular complexity index is 452. The summed E-state index contributed by atoms with van der Waals surface area (Å²) in [7, 11) is 0. The molecule has 0 heterocycles. The molecule has 0 saturated carbocycles. The SMILES string of the molecule is CCCCCCCCCN(c1ccccc1)c1ccccc1. The molecule has 0 aliphatic heterocycles. The molecule has 2 aromatic carbocycles. The fraction of sp³-hybridized carbons (Fsp3) is 0.429. The average molecular weight is 295 g/mol. The lowest BCUT2D eigenvalue weighted by Gasteiger charge is -2.25. The van der Waals surface area contributed by atoms with E-state index in [2.05, 4.69) is 72.5 Å². The lowest BCUT2D eigenvalue weighted by molar-refractivity contribution is 0.591. The van der Waals surface area contributed by atoms with E-state index >= 15 is 0 Å². The molecule has 0 unspecified atom stereocenters. The fourth-order valence-electron chi connectivity index (χ4n) is 2.85. The largest absolute Gasteiger partial charge is 0.341 e. The third-order valence-corrected chi connectivity index (χ3v) is 4.12. The van der Waals surface area contributed by atoms with Gasteiger partial charge in [0.25, 0.3) is 0 Å². The molecule has 0 amide bonds. The summed E-state index contributed by atoms with van der Waals surface area (Å²) in [5, 5.41) is 0. The quantitative estimate of drug-likeness (QED) is 0.448. The molecule has 0 saturated heterocycles. The molecule has 1 heteroatoms. The number of anilines is 2. The third-order valence-electron chi connectivity index (χ3n) is 4.12. The molecule has 2 rings (SSSR count). The summed E-state index contributed by atoms with van der Waals surface area (Å²) in [6, 6.07) is 21.5. The van der Waals surface area contributed by atoms with Crippen molar-refractivity contribution in [2.24, 2.45) is 0 Å². The van der Waals surface area contributed by atoms with Gasteiger partial charge in [-0.05, 0) is 30.7 Å². The third kappa shape index (κ3) is 5.55. The molecule has 0 spiro atoms. The van der Waals surface area contributed by atoms with E-state index < -0.39 is 0 Å². The minimum atomic E-state index is 1.10. The van der Waals surface area contributed by atoms with Crippen molar-refractivity contribution >= 4 is 11.4 Å². The van der Waals surface area contributed by atoms with Gasteiger partial charge in [-0.2, -0.15) is 0 Å². The van der Waals surface area contributed by atoms with Gasteiger partial charge in [0.2, 0.25) is 0 Å². The Balaban J connectivity index is 1.87. The summed E-state index contributed by atoms with van der Waals surface area (Å²) in [6.45, 7) is 3.37. The van der Waals surface area contributed by atoms with Crippen LogP contribution in [0.1, 0.15) is 51.9 Å². The first-order valence-corrected chi connectivity index (χ1v) is 8.79. The van der Waals surface area contributed by atoms with Crippen LogP contribution in [0, 0.1) is 0 Å². The van der Waals surface area contributed by atoms with E-state index in [1.54, 1.807) is 0 Å². The number of hydrogen-bond acceptors (Lipinski definition) is 1. The molecule has 0 N–H and O–H groups in total. The first-order chi connectivity index (χ1) is 10.9. The average Bonchev–Trinajstić information content (AvgIpc) is 2.59. The van der Waals surface area contributed by atoms with Crippen molar-refractivity contribution < 1.29 is 0 Å². The second-order valence-electron chi connectivity index (χ2n) is 5.94. The molecule has 22 heavy (non-hydrogen) atoms. The van der Waals surface area contributed by atoms with Crippen molar-refractivity contribution in [3.63, 3.8) is 0 Å². The van der Waals surface area contributed by atoms with Gasteiger partial charge in [-0.25, -0.2) is 0 Å². The first-order valence-electron chi connectivity index (χ1n) is 8.79. The van der Waals surface area contributed by atoms with Crippen molar-refractivity contribution in [2.45, 2.75) is 51.9 Å². The zero-order chi connectivity index (χ0) is 15.5. The monoisotopic (exact) mass is 295 g/mol. The lowest BCUT2D eigenvalue weighted by atomic mass is 10.1. The fourth-order valence-corrected chi connectivity index (χ4v) is 2.85. The minimum Gasteiger partial charge on any atom is -0.341 e. The number of para-hydroxylation sites is 2. The van der Waals surface area contributed by atoms with Crippen molar-refractivity contribution in [3.8, 4) is 0 Å². The Labute approximate surface area is 136 Å². The standard InChI is InChI=1S/C21H29N/c1-2-3-4-5-6-7-14-19-22(20-15-10-8-11-16-20)21-17-12-9-13-18-21/h8-13,15-18H,2-7,14,19H2,1H3. The van der Waals surface area contributed by atoms with Gasteiger partial charge in [0.15, 0.2) is 0 Å². The number of rotatable bonds is 10. The van der Waals surface area contributed by atoms with Crippen molar-refractivity contribution in [3.05, 3.63) is 60.7 Å². The van der Waals surface area contributed by atoms with Crippen molar-refractivity contribution in [1.29, 1.82) is 0 Å². The van der Waals surface area contributed by atoms with Gasteiger partial charge in [0.1, 0.15) is 0 Å². The highest BCUT2D eigenvalue weighted by molar-refractivity contribution is 5.62. The van der Waals surface area contributed by atoms with Crippen molar-refractivity contribution in [2.75, 3.05) is 11.4 Å². The molecule has 0 atom stereocenters. The summed E-state index contributed by atoms with van der Waals surface area (Å²) in [6.07, 6.45) is 9.48. The summed E-state index contributed by atoms with van der Waals surface area (Å²) in [5.41, 5.74) is 2.58. The highest BCUT2D eigenvalue weighted by Gasteiger charge is 2.07. The summed E-state index contributed by atoms with van der Waals surface area (Å²) >= 11 is 0. The van der Waals surface area contributed by atoms with E-state index in [1.807, 2.05) is 0 Å². The highest BCUT2D eigenvalue weighted by atomic mass is 15.1. The molecule has 0 fully saturated rings. The molecular weight excluding hydrogens is 266 g/mol. The predicted octanol–water partition coefficient (Wildman–Crippen LogP) is 6.58. The lowest BCUT2D eigenvalue weighted by Crippen LogP contribution is -2.18. The van der Waals surface area contributed by atoms with E-state index in [0.29, 0.717) is 0 Å². The van der Waals surface area contributed by atoms with Crippen LogP contribution in [0.5, 0.6) is 0 Å². The van der Waals surface area contributed by atoms with Crippen LogP contribution in [-0.2, 0) is 0 Å². The minimum absolute atomic E-state index is 1.10. The maximum Gasteiger partial charge on any atom is 0.0410 e. The molecule has 1 nitrogen and oxygen atoms in total. The number of unbranched alkanes of at least 4 members (excludes halogenated alkanes) is 6. The van der Waals surface area contributed by atoms with E-state index in [0.717, 1.165) is 6.54 Å². The number of nitrogens with zero attached hydrogens (tertiary/aromatic N) is 1. The second-order valence-corrected chi connectivity index (χ2v) is 5.94. The van der Waals surface area contributed by atoms with Gasteiger partial charge in [-0.15, -0.1) is 0 Å². The van der Waals surface area contributed by atoms with Crippen LogP contribution in [0.2, 0.25) is 0 Å². The van der Waals surface area contributed by atoms with E-state index in [9.17, 15) is 0 Å². The van der Waals surface area contributed by atoms with Crippen LogP contribution < -0.4 is 4.90 Å². The smallest absolute Gasteiger partial charge is 0.0410 e. The number of hydrogen-bond donors (Lipinski definition) is 0. The molecule has 2 aromatic rings. The Kier molecular flexibility index (Phi) is 7.59. The molecule has 0 aromatic heterocycles. The Hall–Kier alpha value is -1.76. The summed E-state index contributed by atoms with van der Waals surface area (Å²) in [4.78, 5) is 2.44. The Morgan fingerprint density at radius 2 is 1.05 bits per heavy atom. The van der Waals surface area contributed by atoms with E-state index in [-0.39, 0.29) is 0 Å². The van der Waals surface area contributed by atoms with Crippen LogP contribution in [0.15, 0.2) is 60.7 Å². The Morgan fingerprint density at radius 1 is 0.591 bits per heavy atom. The maximum absolute atomic E-state index is 2.44. The maximum atomic E-state index is 2.44. The number of benzene rings is 2. The van der Waals surface area contributed by atoms with Crippen LogP contribution in [0.25, 0.3) is 0 Å². The molecule has 0 bridgehead atoms. The van der Waals surface area contributed by atoms with Crippen LogP contribution in [0.3, 0.4) is 0 Å². The molecule has 0 aliphatic rings. The summed E-state index contributed by atoms with van der Waals surface area (Å²) in [5.74, 6) is 0. The van der Waals surface area contributed by atoms with Crippen LogP contribution in [-0.4, -0.2) is 6.54 Å². The molecule has 0 radical (unpaired) electrons. The van der Waals surface area contributed by atoms with Gasteiger partial charge in [0, 0.05) is 17.9 Å². The van der Waals surface area contributed by atoms with E-state index in [4.69, 9.17) is 0 Å². The van der Waals surface area contributed by atoms with Crippen LogP contribution >= 0.6 is 0 Å². The van der Waals surface area contributed by atoms with Gasteiger partial charge in [0.05, 0.1) is 0 Å². The molecule has 0 aliphatic carbocycles.